The van der Waals surface area contributed by atoms with Gasteiger partial charge in [-0.2, -0.15) is 0 Å². The molecular weight excluding hydrogens is 227 g/mol. The molecule has 17 heavy (non-hydrogen) atoms. The van der Waals surface area contributed by atoms with Crippen LogP contribution in [0.3, 0.4) is 0 Å². The number of amides is 1. The standard InChI is InChI=1S/C11H13FN2O3/c12-9-4-3-7(6-8(9)11(16)17)14-10(15)2-1-5-13/h3-4,6H,1-2,5,13H2,(H,14,15)(H,16,17). The highest BCUT2D eigenvalue weighted by molar-refractivity contribution is 5.94. The zero-order valence-corrected chi connectivity index (χ0v) is 9.07. The summed E-state index contributed by atoms with van der Waals surface area (Å²) in [7, 11) is 0. The van der Waals surface area contributed by atoms with Crippen LogP contribution in [0.1, 0.15) is 23.2 Å². The van der Waals surface area contributed by atoms with Crippen molar-refractivity contribution in [2.75, 3.05) is 11.9 Å². The Kier molecular flexibility index (Phi) is 4.59. The van der Waals surface area contributed by atoms with Crippen molar-refractivity contribution in [1.82, 2.24) is 0 Å². The van der Waals surface area contributed by atoms with Gasteiger partial charge < -0.3 is 16.2 Å². The topological polar surface area (TPSA) is 92.4 Å². The molecule has 0 unspecified atom stereocenters. The zero-order valence-electron chi connectivity index (χ0n) is 9.07. The summed E-state index contributed by atoms with van der Waals surface area (Å²) in [5, 5.41) is 11.2. The van der Waals surface area contributed by atoms with E-state index in [4.69, 9.17) is 10.8 Å². The summed E-state index contributed by atoms with van der Waals surface area (Å²) in [6, 6.07) is 3.39. The molecule has 0 fully saturated rings. The maximum atomic E-state index is 13.1. The maximum Gasteiger partial charge on any atom is 0.338 e. The fourth-order valence-corrected chi connectivity index (χ4v) is 1.25. The first-order valence-electron chi connectivity index (χ1n) is 5.07. The Morgan fingerprint density at radius 3 is 2.71 bits per heavy atom. The number of carboxylic acid groups (broad SMARTS) is 1. The lowest BCUT2D eigenvalue weighted by Gasteiger charge is -2.06. The molecule has 1 rings (SSSR count). The SMILES string of the molecule is NCCCC(=O)Nc1ccc(F)c(C(=O)O)c1. The third-order valence-corrected chi connectivity index (χ3v) is 2.09. The van der Waals surface area contributed by atoms with Gasteiger partial charge in [0.15, 0.2) is 0 Å². The summed E-state index contributed by atoms with van der Waals surface area (Å²) in [5.41, 5.74) is 5.03. The second kappa shape index (κ2) is 5.95. The maximum absolute atomic E-state index is 13.1. The third kappa shape index (κ3) is 3.84. The summed E-state index contributed by atoms with van der Waals surface area (Å²) in [5.74, 6) is -2.49. The fourth-order valence-electron chi connectivity index (χ4n) is 1.25. The molecule has 1 aromatic carbocycles. The van der Waals surface area contributed by atoms with E-state index in [1.165, 1.54) is 6.07 Å². The van der Waals surface area contributed by atoms with Crippen molar-refractivity contribution >= 4 is 17.6 Å². The van der Waals surface area contributed by atoms with Gasteiger partial charge in [-0.1, -0.05) is 0 Å². The van der Waals surface area contributed by atoms with E-state index in [1.54, 1.807) is 0 Å². The van der Waals surface area contributed by atoms with Crippen molar-refractivity contribution in [2.24, 2.45) is 5.73 Å². The van der Waals surface area contributed by atoms with Crippen molar-refractivity contribution < 1.29 is 19.1 Å². The number of rotatable bonds is 5. The van der Waals surface area contributed by atoms with E-state index in [-0.39, 0.29) is 18.0 Å². The molecule has 0 bridgehead atoms. The number of carbonyl (C=O) groups excluding carboxylic acids is 1. The van der Waals surface area contributed by atoms with Crippen molar-refractivity contribution in [3.8, 4) is 0 Å². The molecule has 0 saturated carbocycles. The van der Waals surface area contributed by atoms with Crippen LogP contribution >= 0.6 is 0 Å². The molecule has 0 aliphatic rings. The Bertz CT molecular complexity index is 435. The smallest absolute Gasteiger partial charge is 0.338 e. The van der Waals surface area contributed by atoms with Crippen LogP contribution < -0.4 is 11.1 Å². The molecule has 1 amide bonds. The average molecular weight is 240 g/mol. The average Bonchev–Trinajstić information content (AvgIpc) is 2.28. The van der Waals surface area contributed by atoms with Crippen molar-refractivity contribution in [1.29, 1.82) is 0 Å². The Hall–Kier alpha value is -1.95. The van der Waals surface area contributed by atoms with Gasteiger partial charge in [-0.05, 0) is 31.2 Å². The van der Waals surface area contributed by atoms with Gasteiger partial charge in [0.1, 0.15) is 5.82 Å². The fraction of sp³-hybridized carbons (Fsp3) is 0.273. The second-order valence-corrected chi connectivity index (χ2v) is 3.44. The highest BCUT2D eigenvalue weighted by Gasteiger charge is 2.11. The normalized spacial score (nSPS) is 10.0. The van der Waals surface area contributed by atoms with Crippen LogP contribution in [-0.4, -0.2) is 23.5 Å². The molecule has 0 radical (unpaired) electrons. The largest absolute Gasteiger partial charge is 0.478 e. The van der Waals surface area contributed by atoms with Gasteiger partial charge in [0.2, 0.25) is 5.91 Å². The first-order valence-corrected chi connectivity index (χ1v) is 5.07. The van der Waals surface area contributed by atoms with E-state index in [1.807, 2.05) is 0 Å². The Labute approximate surface area is 97.4 Å². The van der Waals surface area contributed by atoms with Gasteiger partial charge in [0.05, 0.1) is 5.56 Å². The quantitative estimate of drug-likeness (QED) is 0.721. The minimum atomic E-state index is -1.37. The van der Waals surface area contributed by atoms with E-state index < -0.39 is 17.3 Å². The van der Waals surface area contributed by atoms with Gasteiger partial charge >= 0.3 is 5.97 Å². The molecule has 0 saturated heterocycles. The van der Waals surface area contributed by atoms with Gasteiger partial charge in [-0.3, -0.25) is 4.79 Å². The molecule has 0 aliphatic heterocycles. The van der Waals surface area contributed by atoms with E-state index in [0.717, 1.165) is 12.1 Å². The predicted octanol–water partition coefficient (Wildman–Crippen LogP) is 1.20. The number of carboxylic acids is 1. The first-order chi connectivity index (χ1) is 8.04. The van der Waals surface area contributed by atoms with E-state index in [2.05, 4.69) is 5.32 Å². The van der Waals surface area contributed by atoms with Gasteiger partial charge in [-0.15, -0.1) is 0 Å². The van der Waals surface area contributed by atoms with Crippen LogP contribution in [0.2, 0.25) is 0 Å². The Morgan fingerprint density at radius 1 is 1.41 bits per heavy atom. The number of hydrogen-bond donors (Lipinski definition) is 3. The molecule has 92 valence electrons. The summed E-state index contributed by atoms with van der Waals surface area (Å²) in [6.07, 6.45) is 0.787. The predicted molar refractivity (Wildman–Crippen MR) is 60.3 cm³/mol. The molecule has 0 atom stereocenters. The van der Waals surface area contributed by atoms with Crippen molar-refractivity contribution in [3.63, 3.8) is 0 Å². The lowest BCUT2D eigenvalue weighted by molar-refractivity contribution is -0.116. The molecule has 0 spiro atoms. The number of hydrogen-bond acceptors (Lipinski definition) is 3. The van der Waals surface area contributed by atoms with E-state index >= 15 is 0 Å². The van der Waals surface area contributed by atoms with E-state index in [0.29, 0.717) is 13.0 Å². The number of benzene rings is 1. The molecule has 4 N–H and O–H groups in total. The Morgan fingerprint density at radius 2 is 2.12 bits per heavy atom. The first kappa shape index (κ1) is 13.1. The molecule has 1 aromatic rings. The zero-order chi connectivity index (χ0) is 12.8. The number of nitrogens with two attached hydrogens (primary N) is 1. The summed E-state index contributed by atoms with van der Waals surface area (Å²) < 4.78 is 13.1. The molecule has 5 nitrogen and oxygen atoms in total. The lowest BCUT2D eigenvalue weighted by atomic mass is 10.2. The molecule has 0 aliphatic carbocycles. The lowest BCUT2D eigenvalue weighted by Crippen LogP contribution is -2.14. The Balaban J connectivity index is 2.75. The minimum absolute atomic E-state index is 0.246. The number of carbonyl (C=O) groups is 2. The van der Waals surface area contributed by atoms with Crippen molar-refractivity contribution in [2.45, 2.75) is 12.8 Å². The highest BCUT2D eigenvalue weighted by Crippen LogP contribution is 2.15. The monoisotopic (exact) mass is 240 g/mol. The van der Waals surface area contributed by atoms with Crippen LogP contribution in [0, 0.1) is 5.82 Å². The van der Waals surface area contributed by atoms with Crippen molar-refractivity contribution in [3.05, 3.63) is 29.6 Å². The summed E-state index contributed by atoms with van der Waals surface area (Å²) in [4.78, 5) is 22.0. The van der Waals surface area contributed by atoms with Crippen LogP contribution in [0.25, 0.3) is 0 Å². The van der Waals surface area contributed by atoms with Gasteiger partial charge in [0.25, 0.3) is 0 Å². The summed E-state index contributed by atoms with van der Waals surface area (Å²) in [6.45, 7) is 0.400. The van der Waals surface area contributed by atoms with Crippen LogP contribution in [-0.2, 0) is 4.79 Å². The molecule has 0 aromatic heterocycles. The number of anilines is 1. The molecule has 6 heteroatoms. The van der Waals surface area contributed by atoms with Crippen LogP contribution in [0.15, 0.2) is 18.2 Å². The third-order valence-electron chi connectivity index (χ3n) is 2.09. The highest BCUT2D eigenvalue weighted by atomic mass is 19.1. The molecular formula is C11H13FN2O3. The number of aromatic carboxylic acids is 1. The van der Waals surface area contributed by atoms with Gasteiger partial charge in [-0.25, -0.2) is 9.18 Å². The second-order valence-electron chi connectivity index (χ2n) is 3.44. The van der Waals surface area contributed by atoms with Crippen LogP contribution in [0.5, 0.6) is 0 Å². The van der Waals surface area contributed by atoms with Gasteiger partial charge in [0, 0.05) is 12.1 Å². The molecule has 0 heterocycles. The van der Waals surface area contributed by atoms with E-state index in [9.17, 15) is 14.0 Å². The van der Waals surface area contributed by atoms with Crippen LogP contribution in [0.4, 0.5) is 10.1 Å². The minimum Gasteiger partial charge on any atom is -0.478 e. The number of halogens is 1. The summed E-state index contributed by atoms with van der Waals surface area (Å²) >= 11 is 0. The number of nitrogens with one attached hydrogen (secondary N) is 1.